The van der Waals surface area contributed by atoms with Gasteiger partial charge in [-0.05, 0) is 63.1 Å². The average molecular weight is 410 g/mol. The van der Waals surface area contributed by atoms with Gasteiger partial charge in [0.2, 0.25) is 0 Å². The Morgan fingerprint density at radius 3 is 2.53 bits per heavy atom. The van der Waals surface area contributed by atoms with Gasteiger partial charge in [0.15, 0.2) is 0 Å². The van der Waals surface area contributed by atoms with Crippen LogP contribution in [0.1, 0.15) is 52.9 Å². The van der Waals surface area contributed by atoms with E-state index in [1.807, 2.05) is 59.0 Å². The number of H-pyrrole nitrogens is 1. The van der Waals surface area contributed by atoms with E-state index in [1.165, 1.54) is 0 Å². The zero-order valence-corrected chi connectivity index (χ0v) is 18.7. The summed E-state index contributed by atoms with van der Waals surface area (Å²) in [5.41, 5.74) is 1.42. The number of carbonyl (C=O) groups is 1. The number of amides is 1. The molecule has 0 radical (unpaired) electrons. The first-order valence-electron chi connectivity index (χ1n) is 10.3. The highest BCUT2D eigenvalue weighted by Crippen LogP contribution is 2.28. The number of aromatic amines is 1. The molecule has 2 aromatic carbocycles. The number of benzene rings is 2. The van der Waals surface area contributed by atoms with Crippen LogP contribution in [0.4, 0.5) is 4.79 Å². The number of nitrogens with zero attached hydrogens (tertiary/aromatic N) is 2. The van der Waals surface area contributed by atoms with Gasteiger partial charge >= 0.3 is 6.09 Å². The maximum Gasteiger partial charge on any atom is 0.410 e. The minimum absolute atomic E-state index is 0.224. The SMILES string of the molecule is CCCN(C(=O)OC(C)(C)C)C(C)c1ncc(-c2ccc3cc(OC)ccc3c2)[nH]1. The first-order chi connectivity index (χ1) is 14.2. The summed E-state index contributed by atoms with van der Waals surface area (Å²) in [6.45, 7) is 10.2. The van der Waals surface area contributed by atoms with Gasteiger partial charge in [0.25, 0.3) is 0 Å². The number of methoxy groups -OCH3 is 1. The van der Waals surface area contributed by atoms with Crippen LogP contribution < -0.4 is 4.74 Å². The Hall–Kier alpha value is -3.02. The van der Waals surface area contributed by atoms with Crippen molar-refractivity contribution in [2.75, 3.05) is 13.7 Å². The molecule has 1 aromatic heterocycles. The molecule has 0 fully saturated rings. The zero-order chi connectivity index (χ0) is 21.9. The largest absolute Gasteiger partial charge is 0.497 e. The topological polar surface area (TPSA) is 67.5 Å². The Bertz CT molecular complexity index is 1020. The molecule has 160 valence electrons. The van der Waals surface area contributed by atoms with Crippen molar-refractivity contribution >= 4 is 16.9 Å². The van der Waals surface area contributed by atoms with Crippen LogP contribution in [0.3, 0.4) is 0 Å². The molecule has 0 saturated carbocycles. The van der Waals surface area contributed by atoms with Gasteiger partial charge in [-0.15, -0.1) is 0 Å². The lowest BCUT2D eigenvalue weighted by Crippen LogP contribution is -2.39. The predicted molar refractivity (Wildman–Crippen MR) is 120 cm³/mol. The van der Waals surface area contributed by atoms with Crippen molar-refractivity contribution in [2.24, 2.45) is 0 Å². The number of ether oxygens (including phenoxy) is 2. The highest BCUT2D eigenvalue weighted by Gasteiger charge is 2.27. The number of aromatic nitrogens is 2. The molecule has 1 unspecified atom stereocenters. The van der Waals surface area contributed by atoms with E-state index < -0.39 is 5.60 Å². The first-order valence-corrected chi connectivity index (χ1v) is 10.3. The van der Waals surface area contributed by atoms with Gasteiger partial charge in [-0.25, -0.2) is 9.78 Å². The molecule has 1 atom stereocenters. The third-order valence-electron chi connectivity index (χ3n) is 4.91. The van der Waals surface area contributed by atoms with Crippen molar-refractivity contribution in [1.29, 1.82) is 0 Å². The fourth-order valence-electron chi connectivity index (χ4n) is 3.37. The third kappa shape index (κ3) is 4.93. The van der Waals surface area contributed by atoms with Gasteiger partial charge in [-0.3, -0.25) is 4.90 Å². The van der Waals surface area contributed by atoms with E-state index in [4.69, 9.17) is 9.47 Å². The van der Waals surface area contributed by atoms with Gasteiger partial charge in [0.1, 0.15) is 17.2 Å². The molecule has 3 rings (SSSR count). The van der Waals surface area contributed by atoms with Crippen LogP contribution in [0.5, 0.6) is 5.75 Å². The predicted octanol–water partition coefficient (Wildman–Crippen LogP) is 5.95. The quantitative estimate of drug-likeness (QED) is 0.546. The molecule has 3 aromatic rings. The van der Waals surface area contributed by atoms with Crippen LogP contribution in [0, 0.1) is 0 Å². The Labute approximate surface area is 178 Å². The molecule has 1 amide bonds. The molecular weight excluding hydrogens is 378 g/mol. The molecule has 0 spiro atoms. The molecule has 0 saturated heterocycles. The Morgan fingerprint density at radius 2 is 1.87 bits per heavy atom. The van der Waals surface area contributed by atoms with Crippen molar-refractivity contribution in [1.82, 2.24) is 14.9 Å². The lowest BCUT2D eigenvalue weighted by atomic mass is 10.1. The molecule has 0 aliphatic heterocycles. The van der Waals surface area contributed by atoms with E-state index in [-0.39, 0.29) is 12.1 Å². The molecule has 1 heterocycles. The summed E-state index contributed by atoms with van der Waals surface area (Å²) in [5, 5.41) is 2.24. The molecule has 0 aliphatic rings. The van der Waals surface area contributed by atoms with Gasteiger partial charge in [0.05, 0.1) is 25.0 Å². The van der Waals surface area contributed by atoms with Gasteiger partial charge < -0.3 is 14.5 Å². The monoisotopic (exact) mass is 409 g/mol. The van der Waals surface area contributed by atoms with Gasteiger partial charge in [-0.1, -0.05) is 25.1 Å². The van der Waals surface area contributed by atoms with E-state index in [0.29, 0.717) is 6.54 Å². The second kappa shape index (κ2) is 8.78. The molecular formula is C24H31N3O3. The summed E-state index contributed by atoms with van der Waals surface area (Å²) >= 11 is 0. The Kier molecular flexibility index (Phi) is 6.34. The highest BCUT2D eigenvalue weighted by atomic mass is 16.6. The molecule has 1 N–H and O–H groups in total. The lowest BCUT2D eigenvalue weighted by molar-refractivity contribution is 0.0166. The van der Waals surface area contributed by atoms with Gasteiger partial charge in [-0.2, -0.15) is 0 Å². The normalized spacial score (nSPS) is 12.6. The van der Waals surface area contributed by atoms with Crippen molar-refractivity contribution in [3.63, 3.8) is 0 Å². The fraction of sp³-hybridized carbons (Fsp3) is 0.417. The zero-order valence-electron chi connectivity index (χ0n) is 18.7. The maximum absolute atomic E-state index is 12.7. The number of imidazole rings is 1. The summed E-state index contributed by atoms with van der Waals surface area (Å²) < 4.78 is 10.9. The summed E-state index contributed by atoms with van der Waals surface area (Å²) in [4.78, 5) is 22.4. The number of carbonyl (C=O) groups excluding carboxylic acids is 1. The number of rotatable bonds is 6. The molecule has 6 nitrogen and oxygen atoms in total. The molecule has 0 bridgehead atoms. The van der Waals surface area contributed by atoms with Crippen LogP contribution in [0.2, 0.25) is 0 Å². The molecule has 30 heavy (non-hydrogen) atoms. The summed E-state index contributed by atoms with van der Waals surface area (Å²) in [6.07, 6.45) is 2.33. The Balaban J connectivity index is 1.85. The fourth-order valence-corrected chi connectivity index (χ4v) is 3.37. The number of hydrogen-bond acceptors (Lipinski definition) is 4. The van der Waals surface area contributed by atoms with Crippen LogP contribution >= 0.6 is 0 Å². The first kappa shape index (κ1) is 21.7. The second-order valence-electron chi connectivity index (χ2n) is 8.46. The maximum atomic E-state index is 12.7. The molecule has 0 aliphatic carbocycles. The second-order valence-corrected chi connectivity index (χ2v) is 8.46. The third-order valence-corrected chi connectivity index (χ3v) is 4.91. The van der Waals surface area contributed by atoms with Gasteiger partial charge in [0, 0.05) is 12.1 Å². The molecule has 6 heteroatoms. The smallest absolute Gasteiger partial charge is 0.410 e. The Morgan fingerprint density at radius 1 is 1.17 bits per heavy atom. The van der Waals surface area contributed by atoms with E-state index >= 15 is 0 Å². The van der Waals surface area contributed by atoms with E-state index in [2.05, 4.69) is 28.2 Å². The van der Waals surface area contributed by atoms with Crippen molar-refractivity contribution in [3.8, 4) is 17.0 Å². The minimum atomic E-state index is -0.537. The highest BCUT2D eigenvalue weighted by molar-refractivity contribution is 5.87. The number of hydrogen-bond donors (Lipinski definition) is 1. The number of nitrogens with one attached hydrogen (secondary N) is 1. The number of fused-ring (bicyclic) bond motifs is 1. The van der Waals surface area contributed by atoms with Crippen LogP contribution in [0.15, 0.2) is 42.6 Å². The summed E-state index contributed by atoms with van der Waals surface area (Å²) in [6, 6.07) is 12.0. The van der Waals surface area contributed by atoms with E-state index in [1.54, 1.807) is 12.0 Å². The standard InChI is InChI=1S/C24H31N3O3/c1-7-12-27(23(28)30-24(3,4)5)16(2)22-25-15-21(26-22)19-9-8-18-14-20(29-6)11-10-17(18)13-19/h8-11,13-16H,7,12H2,1-6H3,(H,25,26). The average Bonchev–Trinajstić information content (AvgIpc) is 3.19. The van der Waals surface area contributed by atoms with Crippen LogP contribution in [-0.4, -0.2) is 40.2 Å². The van der Waals surface area contributed by atoms with Crippen molar-refractivity contribution in [2.45, 2.75) is 52.7 Å². The van der Waals surface area contributed by atoms with Crippen molar-refractivity contribution in [3.05, 3.63) is 48.4 Å². The van der Waals surface area contributed by atoms with E-state index in [0.717, 1.165) is 40.0 Å². The van der Waals surface area contributed by atoms with Crippen molar-refractivity contribution < 1.29 is 14.3 Å². The summed E-state index contributed by atoms with van der Waals surface area (Å²) in [5.74, 6) is 1.57. The van der Waals surface area contributed by atoms with Crippen LogP contribution in [0.25, 0.3) is 22.0 Å². The minimum Gasteiger partial charge on any atom is -0.497 e. The lowest BCUT2D eigenvalue weighted by Gasteiger charge is -2.30. The summed E-state index contributed by atoms with van der Waals surface area (Å²) in [7, 11) is 1.67. The van der Waals surface area contributed by atoms with Crippen LogP contribution in [-0.2, 0) is 4.74 Å². The van der Waals surface area contributed by atoms with E-state index in [9.17, 15) is 4.79 Å².